The van der Waals surface area contributed by atoms with Crippen molar-refractivity contribution in [1.29, 1.82) is 0 Å². The molecule has 4 rings (SSSR count). The summed E-state index contributed by atoms with van der Waals surface area (Å²) in [5.41, 5.74) is 2.11. The minimum atomic E-state index is -0.502. The average molecular weight is 422 g/mol. The summed E-state index contributed by atoms with van der Waals surface area (Å²) in [5.74, 6) is 1.23. The van der Waals surface area contributed by atoms with Gasteiger partial charge in [-0.1, -0.05) is 25.6 Å². The van der Waals surface area contributed by atoms with E-state index in [4.69, 9.17) is 23.4 Å². The molecule has 0 atom stereocenters. The first kappa shape index (κ1) is 20.5. The predicted molar refractivity (Wildman–Crippen MR) is 115 cm³/mol. The summed E-state index contributed by atoms with van der Waals surface area (Å²) in [6, 6.07) is 8.74. The third kappa shape index (κ3) is 4.26. The van der Waals surface area contributed by atoms with Crippen LogP contribution in [0.2, 0.25) is 0 Å². The third-order valence-corrected chi connectivity index (χ3v) is 4.90. The van der Waals surface area contributed by atoms with Gasteiger partial charge in [0.25, 0.3) is 0 Å². The van der Waals surface area contributed by atoms with Crippen LogP contribution in [-0.2, 0) is 16.0 Å². The van der Waals surface area contributed by atoms with Crippen LogP contribution in [-0.4, -0.2) is 32.4 Å². The molecule has 0 bridgehead atoms. The molecule has 7 nitrogen and oxygen atoms in total. The van der Waals surface area contributed by atoms with Crippen molar-refractivity contribution >= 4 is 16.9 Å². The number of benzene rings is 2. The Hall–Kier alpha value is -3.74. The molecule has 1 aromatic heterocycles. The van der Waals surface area contributed by atoms with Crippen molar-refractivity contribution in [2.45, 2.75) is 13.3 Å². The van der Waals surface area contributed by atoms with E-state index in [2.05, 4.69) is 6.58 Å². The van der Waals surface area contributed by atoms with Crippen molar-refractivity contribution in [3.63, 3.8) is 0 Å². The van der Waals surface area contributed by atoms with Crippen molar-refractivity contribution in [3.8, 4) is 28.4 Å². The SMILES string of the molecule is C=CCOC(=O)COc1cc2occ(-c3ccc4c(c3)OCCO4)c(=O)c2cc1CC. The maximum Gasteiger partial charge on any atom is 0.344 e. The number of aryl methyl sites for hydroxylation is 1. The molecule has 0 saturated heterocycles. The topological polar surface area (TPSA) is 84.2 Å². The molecule has 3 aromatic rings. The van der Waals surface area contributed by atoms with Crippen LogP contribution in [0, 0.1) is 0 Å². The summed E-state index contributed by atoms with van der Waals surface area (Å²) in [4.78, 5) is 24.9. The number of hydrogen-bond donors (Lipinski definition) is 0. The minimum Gasteiger partial charge on any atom is -0.486 e. The van der Waals surface area contributed by atoms with Crippen LogP contribution < -0.4 is 19.6 Å². The van der Waals surface area contributed by atoms with Gasteiger partial charge in [-0.2, -0.15) is 0 Å². The number of hydrogen-bond acceptors (Lipinski definition) is 7. The van der Waals surface area contributed by atoms with E-state index in [1.54, 1.807) is 30.3 Å². The highest BCUT2D eigenvalue weighted by atomic mass is 16.6. The molecule has 0 spiro atoms. The highest BCUT2D eigenvalue weighted by Crippen LogP contribution is 2.34. The first-order chi connectivity index (χ1) is 15.1. The van der Waals surface area contributed by atoms with Crippen LogP contribution in [0.1, 0.15) is 12.5 Å². The maximum atomic E-state index is 13.2. The zero-order valence-electron chi connectivity index (χ0n) is 17.1. The molecule has 7 heteroatoms. The predicted octanol–water partition coefficient (Wildman–Crippen LogP) is 3.90. The van der Waals surface area contributed by atoms with Crippen LogP contribution in [0.15, 0.2) is 58.5 Å². The summed E-state index contributed by atoms with van der Waals surface area (Å²) in [6.45, 7) is 6.28. The van der Waals surface area contributed by atoms with Gasteiger partial charge < -0.3 is 23.4 Å². The van der Waals surface area contributed by atoms with Crippen LogP contribution in [0.4, 0.5) is 0 Å². The molecule has 0 radical (unpaired) electrons. The molecule has 1 aliphatic heterocycles. The molecule has 0 amide bonds. The molecule has 1 aliphatic rings. The largest absolute Gasteiger partial charge is 0.486 e. The van der Waals surface area contributed by atoms with Crippen LogP contribution >= 0.6 is 0 Å². The zero-order chi connectivity index (χ0) is 21.8. The van der Waals surface area contributed by atoms with Gasteiger partial charge >= 0.3 is 5.97 Å². The first-order valence-electron chi connectivity index (χ1n) is 9.98. The highest BCUT2D eigenvalue weighted by molar-refractivity contribution is 5.84. The van der Waals surface area contributed by atoms with Crippen LogP contribution in [0.5, 0.6) is 17.2 Å². The van der Waals surface area contributed by atoms with Gasteiger partial charge in [0, 0.05) is 6.07 Å². The second kappa shape index (κ2) is 8.95. The van der Waals surface area contributed by atoms with Crippen molar-refractivity contribution < 1.29 is 28.2 Å². The van der Waals surface area contributed by atoms with E-state index in [-0.39, 0.29) is 18.6 Å². The van der Waals surface area contributed by atoms with E-state index in [0.29, 0.717) is 59.0 Å². The molecule has 0 fully saturated rings. The lowest BCUT2D eigenvalue weighted by atomic mass is 10.0. The first-order valence-corrected chi connectivity index (χ1v) is 9.98. The molecular weight excluding hydrogens is 400 g/mol. The van der Waals surface area contributed by atoms with Crippen molar-refractivity contribution in [2.75, 3.05) is 26.4 Å². The second-order valence-corrected chi connectivity index (χ2v) is 6.91. The smallest absolute Gasteiger partial charge is 0.344 e. The molecule has 0 N–H and O–H groups in total. The minimum absolute atomic E-state index is 0.123. The quantitative estimate of drug-likeness (QED) is 0.422. The Morgan fingerprint density at radius 3 is 2.74 bits per heavy atom. The Kier molecular flexibility index (Phi) is 5.93. The van der Waals surface area contributed by atoms with Crippen molar-refractivity contribution in [1.82, 2.24) is 0 Å². The summed E-state index contributed by atoms with van der Waals surface area (Å²) >= 11 is 0. The maximum absolute atomic E-state index is 13.2. The lowest BCUT2D eigenvalue weighted by Gasteiger charge is -2.18. The fourth-order valence-electron chi connectivity index (χ4n) is 3.35. The molecule has 0 aliphatic carbocycles. The third-order valence-electron chi connectivity index (χ3n) is 4.90. The van der Waals surface area contributed by atoms with Gasteiger partial charge in [0.15, 0.2) is 18.1 Å². The Morgan fingerprint density at radius 1 is 1.16 bits per heavy atom. The fraction of sp³-hybridized carbons (Fsp3) is 0.250. The number of carbonyl (C=O) groups excluding carboxylic acids is 1. The number of esters is 1. The molecule has 160 valence electrons. The summed E-state index contributed by atoms with van der Waals surface area (Å²) in [5, 5.41) is 0.436. The van der Waals surface area contributed by atoms with Gasteiger partial charge in [0.05, 0.1) is 10.9 Å². The average Bonchev–Trinajstić information content (AvgIpc) is 2.80. The monoisotopic (exact) mass is 422 g/mol. The number of ether oxygens (including phenoxy) is 4. The number of carbonyl (C=O) groups is 1. The second-order valence-electron chi connectivity index (χ2n) is 6.91. The lowest BCUT2D eigenvalue weighted by molar-refractivity contribution is -0.144. The Balaban J connectivity index is 1.67. The summed E-state index contributed by atoms with van der Waals surface area (Å²) in [7, 11) is 0. The number of rotatable bonds is 7. The van der Waals surface area contributed by atoms with E-state index in [0.717, 1.165) is 5.56 Å². The van der Waals surface area contributed by atoms with Crippen molar-refractivity contribution in [2.24, 2.45) is 0 Å². The van der Waals surface area contributed by atoms with Gasteiger partial charge in [0.2, 0.25) is 5.43 Å². The molecule has 31 heavy (non-hydrogen) atoms. The lowest BCUT2D eigenvalue weighted by Crippen LogP contribution is -2.16. The van der Waals surface area contributed by atoms with Crippen LogP contribution in [0.3, 0.4) is 0 Å². The van der Waals surface area contributed by atoms with E-state index in [9.17, 15) is 9.59 Å². The molecule has 0 unspecified atom stereocenters. The summed E-state index contributed by atoms with van der Waals surface area (Å²) in [6.07, 6.45) is 3.52. The van der Waals surface area contributed by atoms with Crippen LogP contribution in [0.25, 0.3) is 22.1 Å². The zero-order valence-corrected chi connectivity index (χ0v) is 17.1. The van der Waals surface area contributed by atoms with Gasteiger partial charge in [-0.15, -0.1) is 0 Å². The van der Waals surface area contributed by atoms with E-state index >= 15 is 0 Å². The highest BCUT2D eigenvalue weighted by Gasteiger charge is 2.17. The van der Waals surface area contributed by atoms with Crippen molar-refractivity contribution in [3.05, 3.63) is 65.0 Å². The van der Waals surface area contributed by atoms with E-state index in [1.165, 1.54) is 12.3 Å². The molecular formula is C24H22O7. The normalized spacial score (nSPS) is 12.4. The standard InChI is InChI=1S/C24H22O7/c1-3-7-29-23(25)14-31-20-12-21-17(10-15(20)4-2)24(26)18(13-30-21)16-5-6-19-22(11-16)28-9-8-27-19/h3,5-6,10-13H,1,4,7-9,14H2,2H3. The van der Waals surface area contributed by atoms with Gasteiger partial charge in [-0.05, 0) is 35.7 Å². The Morgan fingerprint density at radius 2 is 1.97 bits per heavy atom. The molecule has 2 aromatic carbocycles. The Labute approximate surface area is 178 Å². The summed E-state index contributed by atoms with van der Waals surface area (Å²) < 4.78 is 27.4. The van der Waals surface area contributed by atoms with E-state index in [1.807, 2.05) is 6.92 Å². The fourth-order valence-corrected chi connectivity index (χ4v) is 3.35. The number of fused-ring (bicyclic) bond motifs is 2. The Bertz CT molecular complexity index is 1190. The molecule has 0 saturated carbocycles. The van der Waals surface area contributed by atoms with Gasteiger partial charge in [0.1, 0.15) is 37.4 Å². The van der Waals surface area contributed by atoms with E-state index < -0.39 is 5.97 Å². The molecule has 2 heterocycles. The van der Waals surface area contributed by atoms with Gasteiger partial charge in [-0.25, -0.2) is 4.79 Å². The van der Waals surface area contributed by atoms with Gasteiger partial charge in [-0.3, -0.25) is 4.79 Å².